The van der Waals surface area contributed by atoms with Crippen LogP contribution in [-0.4, -0.2) is 13.2 Å². The standard InChI is InChI=1S/C9H18O/c1-3-9(10-2)8-6-4-5-7-8/h8-9H,3-7H2,1-2H3/t9-/m0/s1. The Kier molecular flexibility index (Phi) is 3.20. The Bertz CT molecular complexity index is 80.7. The van der Waals surface area contributed by atoms with Crippen LogP contribution in [0.2, 0.25) is 0 Å². The second-order valence-electron chi connectivity index (χ2n) is 3.23. The van der Waals surface area contributed by atoms with Gasteiger partial charge in [-0.2, -0.15) is 0 Å². The molecule has 1 nitrogen and oxygen atoms in total. The summed E-state index contributed by atoms with van der Waals surface area (Å²) in [5.41, 5.74) is 0. The van der Waals surface area contributed by atoms with Crippen molar-refractivity contribution in [1.29, 1.82) is 0 Å². The summed E-state index contributed by atoms with van der Waals surface area (Å²) >= 11 is 0. The van der Waals surface area contributed by atoms with Crippen LogP contribution in [0.4, 0.5) is 0 Å². The summed E-state index contributed by atoms with van der Waals surface area (Å²) in [5.74, 6) is 0.870. The molecule has 0 radical (unpaired) electrons. The van der Waals surface area contributed by atoms with Gasteiger partial charge in [0, 0.05) is 7.11 Å². The molecule has 0 saturated heterocycles. The second kappa shape index (κ2) is 3.97. The van der Waals surface area contributed by atoms with Crippen molar-refractivity contribution in [2.45, 2.75) is 45.1 Å². The van der Waals surface area contributed by atoms with Crippen LogP contribution in [0.1, 0.15) is 39.0 Å². The number of rotatable bonds is 3. The van der Waals surface area contributed by atoms with Gasteiger partial charge in [-0.1, -0.05) is 19.8 Å². The van der Waals surface area contributed by atoms with Gasteiger partial charge in [0.1, 0.15) is 0 Å². The highest BCUT2D eigenvalue weighted by atomic mass is 16.5. The van der Waals surface area contributed by atoms with Gasteiger partial charge in [-0.05, 0) is 25.2 Å². The van der Waals surface area contributed by atoms with Crippen molar-refractivity contribution in [3.63, 3.8) is 0 Å². The molecule has 60 valence electrons. The molecule has 0 aromatic rings. The van der Waals surface area contributed by atoms with Crippen molar-refractivity contribution in [2.24, 2.45) is 5.92 Å². The molecule has 1 heteroatoms. The van der Waals surface area contributed by atoms with Gasteiger partial charge in [-0.15, -0.1) is 0 Å². The minimum atomic E-state index is 0.544. The van der Waals surface area contributed by atoms with Crippen molar-refractivity contribution in [2.75, 3.05) is 7.11 Å². The summed E-state index contributed by atoms with van der Waals surface area (Å²) in [6.45, 7) is 2.21. The quantitative estimate of drug-likeness (QED) is 0.588. The zero-order valence-electron chi connectivity index (χ0n) is 7.10. The van der Waals surface area contributed by atoms with Crippen LogP contribution >= 0.6 is 0 Å². The normalized spacial score (nSPS) is 23.4. The van der Waals surface area contributed by atoms with E-state index in [0.29, 0.717) is 6.10 Å². The molecular formula is C9H18O. The highest BCUT2D eigenvalue weighted by Gasteiger charge is 2.22. The molecule has 0 aromatic heterocycles. The van der Waals surface area contributed by atoms with Crippen LogP contribution in [0.3, 0.4) is 0 Å². The molecule has 0 spiro atoms. The Morgan fingerprint density at radius 1 is 1.40 bits per heavy atom. The third kappa shape index (κ3) is 1.72. The smallest absolute Gasteiger partial charge is 0.0596 e. The van der Waals surface area contributed by atoms with E-state index in [1.54, 1.807) is 0 Å². The van der Waals surface area contributed by atoms with Crippen molar-refractivity contribution in [1.82, 2.24) is 0 Å². The Labute approximate surface area is 63.8 Å². The molecule has 0 bridgehead atoms. The summed E-state index contributed by atoms with van der Waals surface area (Å²) in [4.78, 5) is 0. The molecule has 10 heavy (non-hydrogen) atoms. The van der Waals surface area contributed by atoms with Gasteiger partial charge in [0.2, 0.25) is 0 Å². The molecule has 0 N–H and O–H groups in total. The number of hydrogen-bond donors (Lipinski definition) is 0. The largest absolute Gasteiger partial charge is 0.381 e. The van der Waals surface area contributed by atoms with Gasteiger partial charge in [0.15, 0.2) is 0 Å². The first-order valence-electron chi connectivity index (χ1n) is 4.41. The first-order valence-corrected chi connectivity index (χ1v) is 4.41. The lowest BCUT2D eigenvalue weighted by Crippen LogP contribution is -2.18. The van der Waals surface area contributed by atoms with E-state index in [2.05, 4.69) is 6.92 Å². The van der Waals surface area contributed by atoms with E-state index < -0.39 is 0 Å². The lowest BCUT2D eigenvalue weighted by molar-refractivity contribution is 0.0515. The Morgan fingerprint density at radius 3 is 2.40 bits per heavy atom. The molecular weight excluding hydrogens is 124 g/mol. The van der Waals surface area contributed by atoms with Crippen LogP contribution in [0.15, 0.2) is 0 Å². The molecule has 0 unspecified atom stereocenters. The van der Waals surface area contributed by atoms with E-state index in [9.17, 15) is 0 Å². The highest BCUT2D eigenvalue weighted by molar-refractivity contribution is 4.74. The summed E-state index contributed by atoms with van der Waals surface area (Å²) in [6, 6.07) is 0. The fourth-order valence-electron chi connectivity index (χ4n) is 2.02. The molecule has 1 fully saturated rings. The average Bonchev–Trinajstić information content (AvgIpc) is 2.43. The lowest BCUT2D eigenvalue weighted by atomic mass is 9.99. The number of hydrogen-bond acceptors (Lipinski definition) is 1. The summed E-state index contributed by atoms with van der Waals surface area (Å²) in [5, 5.41) is 0. The fraction of sp³-hybridized carbons (Fsp3) is 1.00. The lowest BCUT2D eigenvalue weighted by Gasteiger charge is -2.19. The van der Waals surface area contributed by atoms with E-state index in [4.69, 9.17) is 4.74 Å². The maximum atomic E-state index is 5.38. The van der Waals surface area contributed by atoms with Gasteiger partial charge in [0.25, 0.3) is 0 Å². The summed E-state index contributed by atoms with van der Waals surface area (Å²) < 4.78 is 5.38. The van der Waals surface area contributed by atoms with E-state index in [-0.39, 0.29) is 0 Å². The van der Waals surface area contributed by atoms with Crippen molar-refractivity contribution >= 4 is 0 Å². The topological polar surface area (TPSA) is 9.23 Å². The molecule has 0 amide bonds. The maximum absolute atomic E-state index is 5.38. The Hall–Kier alpha value is -0.0400. The first kappa shape index (κ1) is 8.06. The van der Waals surface area contributed by atoms with Crippen LogP contribution in [0.25, 0.3) is 0 Å². The van der Waals surface area contributed by atoms with Crippen LogP contribution < -0.4 is 0 Å². The summed E-state index contributed by atoms with van der Waals surface area (Å²) in [6.07, 6.45) is 7.36. The Balaban J connectivity index is 2.29. The van der Waals surface area contributed by atoms with Crippen LogP contribution in [0, 0.1) is 5.92 Å². The zero-order valence-corrected chi connectivity index (χ0v) is 7.10. The van der Waals surface area contributed by atoms with E-state index in [0.717, 1.165) is 5.92 Å². The van der Waals surface area contributed by atoms with Gasteiger partial charge in [0.05, 0.1) is 6.10 Å². The fourth-order valence-corrected chi connectivity index (χ4v) is 2.02. The average molecular weight is 142 g/mol. The van der Waals surface area contributed by atoms with Crippen molar-refractivity contribution in [3.8, 4) is 0 Å². The molecule has 1 aliphatic carbocycles. The SMILES string of the molecule is CC[C@H](OC)C1CCCC1. The third-order valence-corrected chi connectivity index (χ3v) is 2.63. The minimum absolute atomic E-state index is 0.544. The molecule has 0 aliphatic heterocycles. The third-order valence-electron chi connectivity index (χ3n) is 2.63. The molecule has 1 rings (SSSR count). The molecule has 1 aliphatic rings. The monoisotopic (exact) mass is 142 g/mol. The van der Waals surface area contributed by atoms with Crippen LogP contribution in [0.5, 0.6) is 0 Å². The van der Waals surface area contributed by atoms with Gasteiger partial charge in [-0.3, -0.25) is 0 Å². The van der Waals surface area contributed by atoms with Crippen molar-refractivity contribution < 1.29 is 4.74 Å². The minimum Gasteiger partial charge on any atom is -0.381 e. The molecule has 0 aromatic carbocycles. The van der Waals surface area contributed by atoms with E-state index in [1.807, 2.05) is 7.11 Å². The molecule has 1 saturated carbocycles. The molecule has 0 heterocycles. The maximum Gasteiger partial charge on any atom is 0.0596 e. The van der Waals surface area contributed by atoms with E-state index in [1.165, 1.54) is 32.1 Å². The Morgan fingerprint density at radius 2 is 2.00 bits per heavy atom. The highest BCUT2D eigenvalue weighted by Crippen LogP contribution is 2.30. The van der Waals surface area contributed by atoms with Gasteiger partial charge >= 0.3 is 0 Å². The van der Waals surface area contributed by atoms with E-state index >= 15 is 0 Å². The van der Waals surface area contributed by atoms with Gasteiger partial charge in [-0.25, -0.2) is 0 Å². The van der Waals surface area contributed by atoms with Gasteiger partial charge < -0.3 is 4.74 Å². The number of methoxy groups -OCH3 is 1. The summed E-state index contributed by atoms with van der Waals surface area (Å²) in [7, 11) is 1.84. The predicted octanol–water partition coefficient (Wildman–Crippen LogP) is 2.60. The predicted molar refractivity (Wildman–Crippen MR) is 43.0 cm³/mol. The zero-order chi connectivity index (χ0) is 7.40. The van der Waals surface area contributed by atoms with Crippen LogP contribution in [-0.2, 0) is 4.74 Å². The second-order valence-corrected chi connectivity index (χ2v) is 3.23. The molecule has 1 atom stereocenters. The van der Waals surface area contributed by atoms with Crippen molar-refractivity contribution in [3.05, 3.63) is 0 Å². The number of ether oxygens (including phenoxy) is 1. The first-order chi connectivity index (χ1) is 4.88.